The maximum absolute atomic E-state index is 11.2. The molecule has 1 N–H and O–H groups in total. The molecule has 0 fully saturated rings. The Morgan fingerprint density at radius 3 is 2.57 bits per heavy atom. The highest BCUT2D eigenvalue weighted by Gasteiger charge is 2.13. The molecule has 0 aliphatic rings. The second-order valence-electron chi connectivity index (χ2n) is 4.92. The van der Waals surface area contributed by atoms with Crippen LogP contribution in [0.3, 0.4) is 0 Å². The van der Waals surface area contributed by atoms with Gasteiger partial charge in [0.1, 0.15) is 17.1 Å². The number of hydrogen-bond donors (Lipinski definition) is 1. The molecule has 116 valence electrons. The first-order chi connectivity index (χ1) is 11.1. The highest BCUT2D eigenvalue weighted by Crippen LogP contribution is 2.31. The fraction of sp³-hybridized carbons (Fsp3) is 0.0556. The number of benzene rings is 2. The van der Waals surface area contributed by atoms with Crippen LogP contribution < -0.4 is 4.74 Å². The first-order valence-electron chi connectivity index (χ1n) is 6.85. The van der Waals surface area contributed by atoms with E-state index < -0.39 is 5.97 Å². The van der Waals surface area contributed by atoms with E-state index in [0.29, 0.717) is 27.7 Å². The minimum Gasteiger partial charge on any atom is -0.497 e. The molecule has 23 heavy (non-hydrogen) atoms. The molecule has 0 saturated heterocycles. The number of carbonyl (C=O) groups is 1. The summed E-state index contributed by atoms with van der Waals surface area (Å²) in [4.78, 5) is 11.2. The van der Waals surface area contributed by atoms with Gasteiger partial charge in [-0.2, -0.15) is 0 Å². The Hall–Kier alpha value is -2.72. The van der Waals surface area contributed by atoms with Crippen LogP contribution in [0.25, 0.3) is 16.5 Å². The largest absolute Gasteiger partial charge is 0.497 e. The van der Waals surface area contributed by atoms with Crippen molar-refractivity contribution in [2.75, 3.05) is 7.11 Å². The van der Waals surface area contributed by atoms with Crippen LogP contribution in [0, 0.1) is 0 Å². The van der Waals surface area contributed by atoms with Crippen molar-refractivity contribution in [3.8, 4) is 5.75 Å². The quantitative estimate of drug-likeness (QED) is 0.710. The zero-order valence-corrected chi connectivity index (χ0v) is 13.0. The molecule has 0 saturated carbocycles. The van der Waals surface area contributed by atoms with Gasteiger partial charge >= 0.3 is 5.97 Å². The average Bonchev–Trinajstić information content (AvgIpc) is 2.95. The zero-order chi connectivity index (χ0) is 16.4. The van der Waals surface area contributed by atoms with E-state index in [-0.39, 0.29) is 0 Å². The molecule has 0 aliphatic heterocycles. The predicted molar refractivity (Wildman–Crippen MR) is 88.9 cm³/mol. The van der Waals surface area contributed by atoms with E-state index in [9.17, 15) is 4.79 Å². The number of furan rings is 1. The molecule has 5 heteroatoms. The predicted octanol–water partition coefficient (Wildman–Crippen LogP) is 4.61. The smallest absolute Gasteiger partial charge is 0.329 e. The van der Waals surface area contributed by atoms with Gasteiger partial charge in [0.15, 0.2) is 0 Å². The topological polar surface area (TPSA) is 59.7 Å². The van der Waals surface area contributed by atoms with Gasteiger partial charge in [-0.05, 0) is 42.0 Å². The molecule has 4 nitrogen and oxygen atoms in total. The van der Waals surface area contributed by atoms with E-state index in [1.807, 2.05) is 0 Å². The molecule has 0 unspecified atom stereocenters. The Morgan fingerprint density at radius 2 is 1.91 bits per heavy atom. The molecule has 0 spiro atoms. The van der Waals surface area contributed by atoms with Crippen LogP contribution in [-0.4, -0.2) is 18.2 Å². The van der Waals surface area contributed by atoms with Gasteiger partial charge in [-0.3, -0.25) is 0 Å². The number of carboxylic acid groups (broad SMARTS) is 1. The van der Waals surface area contributed by atoms with Gasteiger partial charge in [-0.15, -0.1) is 0 Å². The van der Waals surface area contributed by atoms with Crippen LogP contribution >= 0.6 is 11.6 Å². The molecule has 3 aromatic rings. The number of carboxylic acids is 1. The third-order valence-electron chi connectivity index (χ3n) is 3.41. The van der Waals surface area contributed by atoms with Gasteiger partial charge in [0.2, 0.25) is 0 Å². The molecule has 0 atom stereocenters. The third-order valence-corrected chi connectivity index (χ3v) is 3.65. The Morgan fingerprint density at radius 1 is 1.17 bits per heavy atom. The van der Waals surface area contributed by atoms with Crippen molar-refractivity contribution in [3.63, 3.8) is 0 Å². The summed E-state index contributed by atoms with van der Waals surface area (Å²) in [5.41, 5.74) is 1.85. The van der Waals surface area contributed by atoms with Crippen LogP contribution in [0.2, 0.25) is 5.02 Å². The molecular weight excluding hydrogens is 316 g/mol. The van der Waals surface area contributed by atoms with Crippen LogP contribution in [0.15, 0.2) is 59.0 Å². The van der Waals surface area contributed by atoms with Crippen molar-refractivity contribution >= 4 is 34.1 Å². The van der Waals surface area contributed by atoms with Gasteiger partial charge in [0, 0.05) is 22.1 Å². The van der Waals surface area contributed by atoms with Crippen LogP contribution in [0.5, 0.6) is 5.75 Å². The molecule has 0 radical (unpaired) electrons. The van der Waals surface area contributed by atoms with E-state index in [1.54, 1.807) is 55.6 Å². The van der Waals surface area contributed by atoms with Gasteiger partial charge in [0.05, 0.1) is 7.11 Å². The highest BCUT2D eigenvalue weighted by atomic mass is 35.5. The first kappa shape index (κ1) is 15.2. The van der Waals surface area contributed by atoms with Crippen LogP contribution in [-0.2, 0) is 4.79 Å². The summed E-state index contributed by atoms with van der Waals surface area (Å²) in [5.74, 6) is 0.115. The number of rotatable bonds is 4. The number of methoxy groups -OCH3 is 1. The fourth-order valence-corrected chi connectivity index (χ4v) is 2.52. The monoisotopic (exact) mass is 328 g/mol. The molecule has 2 aromatic carbocycles. The highest BCUT2D eigenvalue weighted by molar-refractivity contribution is 6.31. The lowest BCUT2D eigenvalue weighted by Gasteiger charge is -2.05. The van der Waals surface area contributed by atoms with Crippen molar-refractivity contribution < 1.29 is 19.1 Å². The van der Waals surface area contributed by atoms with E-state index in [4.69, 9.17) is 25.9 Å². The summed E-state index contributed by atoms with van der Waals surface area (Å²) in [7, 11) is 1.58. The molecular formula is C18H13ClO4. The average molecular weight is 329 g/mol. The SMILES string of the molecule is COc1ccc(/C(=C/C(=O)O)c2cc3cc(Cl)ccc3o2)cc1. The number of halogens is 1. The molecule has 0 bridgehead atoms. The van der Waals surface area contributed by atoms with E-state index in [2.05, 4.69) is 0 Å². The number of hydrogen-bond acceptors (Lipinski definition) is 3. The summed E-state index contributed by atoms with van der Waals surface area (Å²) in [5, 5.41) is 10.6. The molecule has 1 aromatic heterocycles. The summed E-state index contributed by atoms with van der Waals surface area (Å²) in [6.07, 6.45) is 1.13. The second-order valence-corrected chi connectivity index (χ2v) is 5.35. The maximum atomic E-state index is 11.2. The van der Waals surface area contributed by atoms with Crippen molar-refractivity contribution in [3.05, 3.63) is 71.0 Å². The zero-order valence-electron chi connectivity index (χ0n) is 12.2. The van der Waals surface area contributed by atoms with Gasteiger partial charge in [0.25, 0.3) is 0 Å². The van der Waals surface area contributed by atoms with Crippen molar-refractivity contribution in [2.24, 2.45) is 0 Å². The lowest BCUT2D eigenvalue weighted by atomic mass is 10.0. The number of fused-ring (bicyclic) bond motifs is 1. The summed E-state index contributed by atoms with van der Waals surface area (Å²) in [6.45, 7) is 0. The molecule has 0 aliphatic carbocycles. The van der Waals surface area contributed by atoms with Gasteiger partial charge < -0.3 is 14.3 Å². The molecule has 3 rings (SSSR count). The molecule has 0 amide bonds. The van der Waals surface area contributed by atoms with Gasteiger partial charge in [-0.1, -0.05) is 23.7 Å². The lowest BCUT2D eigenvalue weighted by molar-refractivity contribution is -0.131. The lowest BCUT2D eigenvalue weighted by Crippen LogP contribution is -1.94. The summed E-state index contributed by atoms with van der Waals surface area (Å²) < 4.78 is 10.9. The van der Waals surface area contributed by atoms with Crippen LogP contribution in [0.1, 0.15) is 11.3 Å². The molecule has 1 heterocycles. The minimum absolute atomic E-state index is 0.467. The normalized spacial score (nSPS) is 11.7. The Balaban J connectivity index is 2.12. The second kappa shape index (κ2) is 6.18. The minimum atomic E-state index is -1.05. The third kappa shape index (κ3) is 3.22. The van der Waals surface area contributed by atoms with E-state index in [1.165, 1.54) is 0 Å². The number of aliphatic carboxylic acids is 1. The van der Waals surface area contributed by atoms with E-state index >= 15 is 0 Å². The van der Waals surface area contributed by atoms with Crippen LogP contribution in [0.4, 0.5) is 0 Å². The van der Waals surface area contributed by atoms with Gasteiger partial charge in [-0.25, -0.2) is 4.79 Å². The Bertz CT molecular complexity index is 891. The van der Waals surface area contributed by atoms with E-state index in [0.717, 1.165) is 17.0 Å². The Labute approximate surface area is 137 Å². The standard InChI is InChI=1S/C18H13ClO4/c1-22-14-5-2-11(3-6-14)15(10-18(20)21)17-9-12-8-13(19)4-7-16(12)23-17/h2-10H,1H3,(H,20,21)/b15-10-. The van der Waals surface area contributed by atoms with Crippen molar-refractivity contribution in [1.82, 2.24) is 0 Å². The summed E-state index contributed by atoms with van der Waals surface area (Å²) >= 11 is 5.98. The number of ether oxygens (including phenoxy) is 1. The Kier molecular flexibility index (Phi) is 4.08. The summed E-state index contributed by atoms with van der Waals surface area (Å²) in [6, 6.07) is 14.1. The van der Waals surface area contributed by atoms with Crippen molar-refractivity contribution in [1.29, 1.82) is 0 Å². The first-order valence-corrected chi connectivity index (χ1v) is 7.23. The fourth-order valence-electron chi connectivity index (χ4n) is 2.34. The maximum Gasteiger partial charge on any atom is 0.329 e. The van der Waals surface area contributed by atoms with Crippen molar-refractivity contribution in [2.45, 2.75) is 0 Å².